The number of H-pyrrole nitrogens is 1. The summed E-state index contributed by atoms with van der Waals surface area (Å²) in [5.41, 5.74) is 5.59. The van der Waals surface area contributed by atoms with E-state index >= 15 is 0 Å². The zero-order valence-corrected chi connectivity index (χ0v) is 16.8. The molecular formula is C22H29N5O. The van der Waals surface area contributed by atoms with Gasteiger partial charge in [0, 0.05) is 24.2 Å². The lowest BCUT2D eigenvalue weighted by Gasteiger charge is -2.27. The van der Waals surface area contributed by atoms with Crippen LogP contribution in [0.1, 0.15) is 68.5 Å². The predicted molar refractivity (Wildman–Crippen MR) is 110 cm³/mol. The van der Waals surface area contributed by atoms with Crippen molar-refractivity contribution in [3.63, 3.8) is 0 Å². The van der Waals surface area contributed by atoms with Crippen LogP contribution in [0.3, 0.4) is 0 Å². The number of nitrogens with one attached hydrogen (secondary N) is 1. The van der Waals surface area contributed by atoms with E-state index in [4.69, 9.17) is 4.98 Å². The first-order chi connectivity index (χ1) is 13.6. The molecule has 0 bridgehead atoms. The molecule has 0 amide bonds. The van der Waals surface area contributed by atoms with Crippen LogP contribution in [0.5, 0.6) is 0 Å². The standard InChI is InChI=1S/C22H29N5O/c1-14(28)15-3-5-16(6-4-15)18-11-23-22-21(18)27-13-19(25-20(27)12-24-22)17-7-9-26(2)10-8-17/h11-13,15-17,23H,3-10H2,1-2H3. The number of rotatable bonds is 3. The monoisotopic (exact) mass is 379 g/mol. The van der Waals surface area contributed by atoms with Gasteiger partial charge in [-0.05, 0) is 77.1 Å². The zero-order valence-electron chi connectivity index (χ0n) is 16.8. The smallest absolute Gasteiger partial charge is 0.156 e. The van der Waals surface area contributed by atoms with Gasteiger partial charge in [-0.15, -0.1) is 0 Å². The van der Waals surface area contributed by atoms with Gasteiger partial charge in [0.2, 0.25) is 0 Å². The van der Waals surface area contributed by atoms with E-state index in [9.17, 15) is 4.79 Å². The minimum Gasteiger partial charge on any atom is -0.345 e. The molecule has 6 heteroatoms. The molecule has 28 heavy (non-hydrogen) atoms. The molecule has 3 aromatic heterocycles. The molecule has 1 aliphatic heterocycles. The molecule has 1 aliphatic carbocycles. The van der Waals surface area contributed by atoms with E-state index in [1.54, 1.807) is 6.92 Å². The first-order valence-corrected chi connectivity index (χ1v) is 10.6. The number of fused-ring (bicyclic) bond motifs is 3. The van der Waals surface area contributed by atoms with Gasteiger partial charge in [-0.25, -0.2) is 9.97 Å². The number of imidazole rings is 1. The van der Waals surface area contributed by atoms with Crippen molar-refractivity contribution >= 4 is 22.6 Å². The van der Waals surface area contributed by atoms with E-state index in [0.29, 0.717) is 17.6 Å². The number of nitrogens with zero attached hydrogens (tertiary/aromatic N) is 4. The number of hydrogen-bond donors (Lipinski definition) is 1. The summed E-state index contributed by atoms with van der Waals surface area (Å²) in [4.78, 5) is 27.1. The molecule has 1 N–H and O–H groups in total. The Labute approximate surface area is 165 Å². The highest BCUT2D eigenvalue weighted by Gasteiger charge is 2.28. The summed E-state index contributed by atoms with van der Waals surface area (Å²) in [5.74, 6) is 1.63. The van der Waals surface area contributed by atoms with E-state index in [0.717, 1.165) is 50.1 Å². The molecule has 1 saturated heterocycles. The van der Waals surface area contributed by atoms with Crippen molar-refractivity contribution in [2.75, 3.05) is 20.1 Å². The molecule has 0 spiro atoms. The topological polar surface area (TPSA) is 66.3 Å². The van der Waals surface area contributed by atoms with Gasteiger partial charge in [-0.2, -0.15) is 0 Å². The SMILES string of the molecule is CC(=O)C1CCC(c2c[nH]c3ncc4nc(C5CCN(C)CC5)cn4c23)CC1. The normalized spacial score (nSPS) is 24.9. The van der Waals surface area contributed by atoms with E-state index < -0.39 is 0 Å². The summed E-state index contributed by atoms with van der Waals surface area (Å²) in [5, 5.41) is 0. The van der Waals surface area contributed by atoms with Gasteiger partial charge in [-0.3, -0.25) is 9.20 Å². The van der Waals surface area contributed by atoms with Crippen molar-refractivity contribution in [2.45, 2.75) is 57.3 Å². The molecule has 2 aliphatic rings. The minimum atomic E-state index is 0.254. The number of aromatic amines is 1. The van der Waals surface area contributed by atoms with Crippen LogP contribution < -0.4 is 0 Å². The second-order valence-electron chi connectivity index (χ2n) is 8.83. The Morgan fingerprint density at radius 1 is 1.11 bits per heavy atom. The number of hydrogen-bond acceptors (Lipinski definition) is 4. The Morgan fingerprint density at radius 3 is 2.57 bits per heavy atom. The van der Waals surface area contributed by atoms with Gasteiger partial charge in [0.1, 0.15) is 5.78 Å². The fraction of sp³-hybridized carbons (Fsp3) is 0.591. The Bertz CT molecular complexity index is 1000. The van der Waals surface area contributed by atoms with Crippen molar-refractivity contribution < 1.29 is 4.79 Å². The Kier molecular flexibility index (Phi) is 4.46. The second-order valence-corrected chi connectivity index (χ2v) is 8.83. The third-order valence-electron chi connectivity index (χ3n) is 7.04. The molecule has 5 rings (SSSR count). The molecule has 4 heterocycles. The molecule has 0 atom stereocenters. The summed E-state index contributed by atoms with van der Waals surface area (Å²) in [6, 6.07) is 0. The molecule has 0 radical (unpaired) electrons. The summed E-state index contributed by atoms with van der Waals surface area (Å²) in [7, 11) is 2.19. The first-order valence-electron chi connectivity index (χ1n) is 10.6. The van der Waals surface area contributed by atoms with Crippen LogP contribution >= 0.6 is 0 Å². The van der Waals surface area contributed by atoms with Gasteiger partial charge >= 0.3 is 0 Å². The number of ketones is 1. The second kappa shape index (κ2) is 6.99. The maximum atomic E-state index is 11.7. The maximum Gasteiger partial charge on any atom is 0.156 e. The van der Waals surface area contributed by atoms with Crippen LogP contribution in [-0.4, -0.2) is 50.2 Å². The van der Waals surface area contributed by atoms with Crippen molar-refractivity contribution in [3.05, 3.63) is 29.8 Å². The highest BCUT2D eigenvalue weighted by molar-refractivity contribution is 5.80. The molecule has 0 aromatic carbocycles. The lowest BCUT2D eigenvalue weighted by Crippen LogP contribution is -2.29. The maximum absolute atomic E-state index is 11.7. The average molecular weight is 380 g/mol. The van der Waals surface area contributed by atoms with Crippen LogP contribution in [0, 0.1) is 5.92 Å². The number of piperidine rings is 1. The van der Waals surface area contributed by atoms with Crippen LogP contribution in [0.2, 0.25) is 0 Å². The zero-order chi connectivity index (χ0) is 19.3. The number of Topliss-reactive ketones (excluding diaryl/α,β-unsaturated/α-hetero) is 1. The number of aromatic nitrogens is 4. The van der Waals surface area contributed by atoms with Crippen LogP contribution in [0.15, 0.2) is 18.6 Å². The Balaban J connectivity index is 1.49. The lowest BCUT2D eigenvalue weighted by molar-refractivity contribution is -0.121. The van der Waals surface area contributed by atoms with Gasteiger partial charge < -0.3 is 9.88 Å². The summed E-state index contributed by atoms with van der Waals surface area (Å²) in [6.45, 7) is 4.02. The third-order valence-corrected chi connectivity index (χ3v) is 7.04. The summed E-state index contributed by atoms with van der Waals surface area (Å²) < 4.78 is 2.25. The van der Waals surface area contributed by atoms with E-state index in [1.807, 2.05) is 6.20 Å². The van der Waals surface area contributed by atoms with Crippen molar-refractivity contribution in [3.8, 4) is 0 Å². The van der Waals surface area contributed by atoms with Crippen molar-refractivity contribution in [2.24, 2.45) is 5.92 Å². The number of carbonyl (C=O) groups is 1. The molecule has 6 nitrogen and oxygen atoms in total. The molecule has 1 saturated carbocycles. The van der Waals surface area contributed by atoms with Crippen molar-refractivity contribution in [1.82, 2.24) is 24.3 Å². The Hall–Kier alpha value is -2.21. The molecule has 2 fully saturated rings. The Morgan fingerprint density at radius 2 is 1.86 bits per heavy atom. The highest BCUT2D eigenvalue weighted by Crippen LogP contribution is 2.39. The summed E-state index contributed by atoms with van der Waals surface area (Å²) >= 11 is 0. The van der Waals surface area contributed by atoms with E-state index in [2.05, 4.69) is 38.7 Å². The van der Waals surface area contributed by atoms with E-state index in [-0.39, 0.29) is 5.92 Å². The molecular weight excluding hydrogens is 350 g/mol. The van der Waals surface area contributed by atoms with Crippen LogP contribution in [-0.2, 0) is 4.79 Å². The minimum absolute atomic E-state index is 0.254. The quantitative estimate of drug-likeness (QED) is 0.750. The molecule has 0 unspecified atom stereocenters. The van der Waals surface area contributed by atoms with Gasteiger partial charge in [0.15, 0.2) is 11.3 Å². The largest absolute Gasteiger partial charge is 0.345 e. The highest BCUT2D eigenvalue weighted by atomic mass is 16.1. The lowest BCUT2D eigenvalue weighted by atomic mass is 9.78. The fourth-order valence-corrected chi connectivity index (χ4v) is 5.20. The predicted octanol–water partition coefficient (Wildman–Crippen LogP) is 3.88. The van der Waals surface area contributed by atoms with Gasteiger partial charge in [0.25, 0.3) is 0 Å². The third kappa shape index (κ3) is 3.04. The first kappa shape index (κ1) is 17.9. The van der Waals surface area contributed by atoms with Crippen LogP contribution in [0.4, 0.5) is 0 Å². The molecule has 148 valence electrons. The summed E-state index contributed by atoms with van der Waals surface area (Å²) in [6.07, 6.45) is 12.8. The average Bonchev–Trinajstić information content (AvgIpc) is 3.32. The molecule has 3 aromatic rings. The number of carbonyl (C=O) groups excluding carboxylic acids is 1. The van der Waals surface area contributed by atoms with Crippen LogP contribution in [0.25, 0.3) is 16.8 Å². The van der Waals surface area contributed by atoms with E-state index in [1.165, 1.54) is 29.6 Å². The van der Waals surface area contributed by atoms with Gasteiger partial charge in [-0.1, -0.05) is 0 Å². The van der Waals surface area contributed by atoms with Crippen molar-refractivity contribution in [1.29, 1.82) is 0 Å². The fourth-order valence-electron chi connectivity index (χ4n) is 5.20. The number of likely N-dealkylation sites (tertiary alicyclic amines) is 1. The van der Waals surface area contributed by atoms with Gasteiger partial charge in [0.05, 0.1) is 17.4 Å².